The van der Waals surface area contributed by atoms with Crippen LogP contribution in [-0.4, -0.2) is 66.5 Å². The summed E-state index contributed by atoms with van der Waals surface area (Å²) in [6, 6.07) is 0. The molecule has 1 aromatic heterocycles. The van der Waals surface area contributed by atoms with Gasteiger partial charge in [-0.05, 0) is 69.5 Å². The van der Waals surface area contributed by atoms with E-state index in [4.69, 9.17) is 4.74 Å². The molecule has 1 amide bonds. The monoisotopic (exact) mass is 389 g/mol. The van der Waals surface area contributed by atoms with E-state index in [0.29, 0.717) is 29.2 Å². The van der Waals surface area contributed by atoms with Crippen LogP contribution in [-0.2, 0) is 11.2 Å². The fourth-order valence-electron chi connectivity index (χ4n) is 4.68. The number of methoxy groups -OCH3 is 1. The van der Waals surface area contributed by atoms with Gasteiger partial charge in [0.2, 0.25) is 0 Å². The molecule has 0 spiro atoms. The number of hydrogen-bond donors (Lipinski definition) is 1. The van der Waals surface area contributed by atoms with Crippen LogP contribution in [0.3, 0.4) is 0 Å². The number of nitrogens with one attached hydrogen (secondary N) is 1. The van der Waals surface area contributed by atoms with Crippen LogP contribution in [0, 0.1) is 18.8 Å². The smallest absolute Gasteiger partial charge is 0.339 e. The molecule has 1 atom stereocenters. The Hall–Kier alpha value is -1.82. The quantitative estimate of drug-likeness (QED) is 0.785. The first-order valence-electron chi connectivity index (χ1n) is 10.8. The lowest BCUT2D eigenvalue weighted by atomic mass is 9.94. The maximum absolute atomic E-state index is 13.2. The number of rotatable bonds is 5. The molecule has 156 valence electrons. The number of nitrogens with zero attached hydrogens (tertiary/aromatic N) is 2. The van der Waals surface area contributed by atoms with Crippen LogP contribution in [0.5, 0.6) is 0 Å². The number of likely N-dealkylation sites (tertiary alicyclic amines) is 2. The van der Waals surface area contributed by atoms with Gasteiger partial charge in [-0.2, -0.15) is 0 Å². The zero-order valence-corrected chi connectivity index (χ0v) is 17.8. The van der Waals surface area contributed by atoms with E-state index in [1.807, 2.05) is 18.7 Å². The third-order valence-electron chi connectivity index (χ3n) is 6.48. The first kappa shape index (κ1) is 20.9. The number of esters is 1. The van der Waals surface area contributed by atoms with E-state index in [1.54, 1.807) is 0 Å². The maximum Gasteiger partial charge on any atom is 0.339 e. The molecule has 0 aliphatic carbocycles. The Morgan fingerprint density at radius 2 is 1.89 bits per heavy atom. The number of H-pyrrole nitrogens is 1. The Labute approximate surface area is 168 Å². The van der Waals surface area contributed by atoms with Crippen molar-refractivity contribution < 1.29 is 14.3 Å². The van der Waals surface area contributed by atoms with E-state index < -0.39 is 0 Å². The van der Waals surface area contributed by atoms with Crippen LogP contribution >= 0.6 is 0 Å². The summed E-state index contributed by atoms with van der Waals surface area (Å²) in [6.07, 6.45) is 5.47. The molecular weight excluding hydrogens is 354 g/mol. The number of aromatic nitrogens is 1. The molecule has 2 fully saturated rings. The SMILES string of the molecule is CCc1[nH]c(C(=O)N2CCCC(CN3CCC(C)CC3)C2)c(C)c1C(=O)OC. The Bertz CT molecular complexity index is 704. The van der Waals surface area contributed by atoms with Gasteiger partial charge in [-0.25, -0.2) is 4.79 Å². The van der Waals surface area contributed by atoms with E-state index >= 15 is 0 Å². The second kappa shape index (κ2) is 9.12. The highest BCUT2D eigenvalue weighted by Gasteiger charge is 2.30. The number of aromatic amines is 1. The lowest BCUT2D eigenvalue weighted by Gasteiger charge is -2.37. The van der Waals surface area contributed by atoms with Crippen LogP contribution in [0.4, 0.5) is 0 Å². The topological polar surface area (TPSA) is 65.6 Å². The molecule has 3 heterocycles. The third kappa shape index (κ3) is 4.43. The molecule has 6 heteroatoms. The van der Waals surface area contributed by atoms with E-state index in [0.717, 1.165) is 37.7 Å². The van der Waals surface area contributed by atoms with Crippen molar-refractivity contribution >= 4 is 11.9 Å². The fourth-order valence-corrected chi connectivity index (χ4v) is 4.68. The number of piperidine rings is 2. The molecule has 0 aromatic carbocycles. The Morgan fingerprint density at radius 1 is 1.18 bits per heavy atom. The summed E-state index contributed by atoms with van der Waals surface area (Å²) in [5.74, 6) is 1.01. The number of hydrogen-bond acceptors (Lipinski definition) is 4. The van der Waals surface area contributed by atoms with Crippen LogP contribution in [0.25, 0.3) is 0 Å². The average molecular weight is 390 g/mol. The molecule has 28 heavy (non-hydrogen) atoms. The summed E-state index contributed by atoms with van der Waals surface area (Å²) in [6.45, 7) is 11.2. The number of amides is 1. The molecule has 1 aromatic rings. The molecule has 1 unspecified atom stereocenters. The highest BCUT2D eigenvalue weighted by molar-refractivity contribution is 6.00. The maximum atomic E-state index is 13.2. The summed E-state index contributed by atoms with van der Waals surface area (Å²) >= 11 is 0. The van der Waals surface area contributed by atoms with E-state index in [9.17, 15) is 9.59 Å². The van der Waals surface area contributed by atoms with Crippen molar-refractivity contribution in [2.45, 2.75) is 52.9 Å². The van der Waals surface area contributed by atoms with Crippen molar-refractivity contribution in [1.29, 1.82) is 0 Å². The van der Waals surface area contributed by atoms with E-state index in [-0.39, 0.29) is 11.9 Å². The van der Waals surface area contributed by atoms with Gasteiger partial charge < -0.3 is 19.5 Å². The lowest BCUT2D eigenvalue weighted by Crippen LogP contribution is -2.45. The second-order valence-electron chi connectivity index (χ2n) is 8.57. The molecule has 0 radical (unpaired) electrons. The Kier molecular flexibility index (Phi) is 6.81. The third-order valence-corrected chi connectivity index (χ3v) is 6.48. The van der Waals surface area contributed by atoms with Crippen molar-refractivity contribution in [3.05, 3.63) is 22.5 Å². The van der Waals surface area contributed by atoms with Gasteiger partial charge in [0.1, 0.15) is 5.69 Å². The Balaban J connectivity index is 1.68. The minimum Gasteiger partial charge on any atom is -0.465 e. The highest BCUT2D eigenvalue weighted by Crippen LogP contribution is 2.25. The molecule has 0 saturated carbocycles. The van der Waals surface area contributed by atoms with Crippen molar-refractivity contribution in [1.82, 2.24) is 14.8 Å². The molecule has 1 N–H and O–H groups in total. The van der Waals surface area contributed by atoms with Crippen LogP contribution < -0.4 is 0 Å². The standard InChI is InChI=1S/C22H35N3O3/c1-5-18-19(22(27)28-4)16(3)20(23-18)21(26)25-10-6-7-17(14-25)13-24-11-8-15(2)9-12-24/h15,17,23H,5-14H2,1-4H3. The van der Waals surface area contributed by atoms with Crippen molar-refractivity contribution in [2.75, 3.05) is 39.8 Å². The molecule has 2 saturated heterocycles. The van der Waals surface area contributed by atoms with Crippen LogP contribution in [0.2, 0.25) is 0 Å². The predicted molar refractivity (Wildman–Crippen MR) is 110 cm³/mol. The Morgan fingerprint density at radius 3 is 2.54 bits per heavy atom. The normalized spacial score (nSPS) is 21.7. The number of aryl methyl sites for hydroxylation is 1. The highest BCUT2D eigenvalue weighted by atomic mass is 16.5. The summed E-state index contributed by atoms with van der Waals surface area (Å²) in [4.78, 5) is 33.1. The summed E-state index contributed by atoms with van der Waals surface area (Å²) in [5, 5.41) is 0. The molecule has 3 rings (SSSR count). The van der Waals surface area contributed by atoms with Crippen LogP contribution in [0.1, 0.15) is 71.6 Å². The van der Waals surface area contributed by atoms with Gasteiger partial charge in [0.25, 0.3) is 5.91 Å². The van der Waals surface area contributed by atoms with Gasteiger partial charge in [-0.1, -0.05) is 13.8 Å². The molecule has 2 aliphatic heterocycles. The number of ether oxygens (including phenoxy) is 1. The zero-order valence-electron chi connectivity index (χ0n) is 17.8. The second-order valence-corrected chi connectivity index (χ2v) is 8.57. The lowest BCUT2D eigenvalue weighted by molar-refractivity contribution is 0.0599. The first-order chi connectivity index (χ1) is 13.4. The molecule has 2 aliphatic rings. The predicted octanol–water partition coefficient (Wildman–Crippen LogP) is 3.26. The zero-order chi connectivity index (χ0) is 20.3. The number of carbonyl (C=O) groups excluding carboxylic acids is 2. The van der Waals surface area contributed by atoms with Gasteiger partial charge in [0, 0.05) is 25.3 Å². The number of carbonyl (C=O) groups is 2. The first-order valence-corrected chi connectivity index (χ1v) is 10.8. The summed E-state index contributed by atoms with van der Waals surface area (Å²) in [5.41, 5.74) is 2.55. The molecular formula is C22H35N3O3. The minimum absolute atomic E-state index is 0.0133. The van der Waals surface area contributed by atoms with Gasteiger partial charge in [0.05, 0.1) is 12.7 Å². The van der Waals surface area contributed by atoms with E-state index in [1.165, 1.54) is 39.5 Å². The largest absolute Gasteiger partial charge is 0.465 e. The van der Waals surface area contributed by atoms with Crippen molar-refractivity contribution in [2.24, 2.45) is 11.8 Å². The van der Waals surface area contributed by atoms with Gasteiger partial charge in [-0.3, -0.25) is 4.79 Å². The summed E-state index contributed by atoms with van der Waals surface area (Å²) in [7, 11) is 1.38. The van der Waals surface area contributed by atoms with Gasteiger partial charge >= 0.3 is 5.97 Å². The molecule has 6 nitrogen and oxygen atoms in total. The van der Waals surface area contributed by atoms with Gasteiger partial charge in [-0.15, -0.1) is 0 Å². The van der Waals surface area contributed by atoms with Crippen molar-refractivity contribution in [3.8, 4) is 0 Å². The summed E-state index contributed by atoms with van der Waals surface area (Å²) < 4.78 is 4.92. The minimum atomic E-state index is -0.375. The average Bonchev–Trinajstić information content (AvgIpc) is 3.05. The van der Waals surface area contributed by atoms with Gasteiger partial charge in [0.15, 0.2) is 0 Å². The molecule has 0 bridgehead atoms. The van der Waals surface area contributed by atoms with Crippen LogP contribution in [0.15, 0.2) is 0 Å². The van der Waals surface area contributed by atoms with Crippen molar-refractivity contribution in [3.63, 3.8) is 0 Å². The van der Waals surface area contributed by atoms with E-state index in [2.05, 4.69) is 16.8 Å². The fraction of sp³-hybridized carbons (Fsp3) is 0.727.